The Hall–Kier alpha value is -2.28. The number of thiazole rings is 1. The van der Waals surface area contributed by atoms with Gasteiger partial charge in [0, 0.05) is 43.9 Å². The van der Waals surface area contributed by atoms with Crippen LogP contribution in [0, 0.1) is 6.92 Å². The first-order valence-electron chi connectivity index (χ1n) is 11.7. The summed E-state index contributed by atoms with van der Waals surface area (Å²) >= 11 is 1.16. The second-order valence-corrected chi connectivity index (χ2v) is 10.3. The number of aromatic nitrogens is 3. The molecular weight excluding hydrogens is 490 g/mol. The Morgan fingerprint density at radius 1 is 1.26 bits per heavy atom. The van der Waals surface area contributed by atoms with Crippen molar-refractivity contribution in [1.29, 1.82) is 0 Å². The van der Waals surface area contributed by atoms with E-state index < -0.39 is 18.5 Å². The summed E-state index contributed by atoms with van der Waals surface area (Å²) in [5.41, 5.74) is -0.490. The minimum Gasteiger partial charge on any atom is -0.460 e. The molecule has 1 aliphatic carbocycles. The summed E-state index contributed by atoms with van der Waals surface area (Å²) in [6.07, 6.45) is -0.759. The van der Waals surface area contributed by atoms with Gasteiger partial charge in [-0.15, -0.1) is 10.2 Å². The van der Waals surface area contributed by atoms with E-state index in [4.69, 9.17) is 9.15 Å². The topological polar surface area (TPSA) is 93.4 Å². The van der Waals surface area contributed by atoms with Crippen LogP contribution in [-0.2, 0) is 24.1 Å². The number of carbonyl (C=O) groups excluding carboxylic acids is 1. The third-order valence-corrected chi connectivity index (χ3v) is 7.51. The molecule has 2 aromatic heterocycles. The van der Waals surface area contributed by atoms with Crippen molar-refractivity contribution >= 4 is 17.2 Å². The average molecular weight is 520 g/mol. The number of nitrogens with zero attached hydrogens (tertiary/aromatic N) is 4. The summed E-state index contributed by atoms with van der Waals surface area (Å²) in [7, 11) is 0. The molecule has 1 saturated carbocycles. The molecule has 8 nitrogen and oxygen atoms in total. The molecule has 0 atom stereocenters. The molecule has 2 aliphatic rings. The van der Waals surface area contributed by atoms with Gasteiger partial charge in [-0.05, 0) is 38.5 Å². The summed E-state index contributed by atoms with van der Waals surface area (Å²) in [6, 6.07) is -0.0654. The van der Waals surface area contributed by atoms with Crippen molar-refractivity contribution in [1.82, 2.24) is 25.4 Å². The highest BCUT2D eigenvalue weighted by Crippen LogP contribution is 2.36. The van der Waals surface area contributed by atoms with Crippen molar-refractivity contribution in [3.8, 4) is 5.19 Å². The van der Waals surface area contributed by atoms with Crippen molar-refractivity contribution in [2.45, 2.75) is 76.2 Å². The molecule has 1 amide bonds. The number of halogens is 4. The Bertz CT molecular complexity index is 978. The molecule has 1 aliphatic heterocycles. The SMILES string of the molecule is Cc1nnc(CC(=O)NC2CCC(F)(CCN3CCc4nc(OCC(F)(F)F)sc4CC3)CC2)o1. The van der Waals surface area contributed by atoms with Crippen LogP contribution < -0.4 is 10.1 Å². The van der Waals surface area contributed by atoms with E-state index in [0.717, 1.165) is 21.9 Å². The van der Waals surface area contributed by atoms with Gasteiger partial charge in [0.05, 0.1) is 5.69 Å². The van der Waals surface area contributed by atoms with E-state index in [9.17, 15) is 18.0 Å². The molecule has 4 rings (SSSR count). The summed E-state index contributed by atoms with van der Waals surface area (Å²) in [5.74, 6) is 0.467. The predicted molar refractivity (Wildman–Crippen MR) is 119 cm³/mol. The third kappa shape index (κ3) is 7.60. The van der Waals surface area contributed by atoms with Crippen LogP contribution in [0.4, 0.5) is 17.6 Å². The maximum absolute atomic E-state index is 15.4. The molecular formula is C22H29F4N5O3S. The largest absolute Gasteiger partial charge is 0.460 e. The lowest BCUT2D eigenvalue weighted by Gasteiger charge is -2.35. The van der Waals surface area contributed by atoms with Crippen molar-refractivity contribution in [2.24, 2.45) is 0 Å². The van der Waals surface area contributed by atoms with Gasteiger partial charge in [0.15, 0.2) is 6.61 Å². The molecule has 0 saturated heterocycles. The van der Waals surface area contributed by atoms with Crippen molar-refractivity contribution in [2.75, 3.05) is 26.2 Å². The van der Waals surface area contributed by atoms with Crippen LogP contribution in [0.15, 0.2) is 4.42 Å². The second kappa shape index (κ2) is 10.8. The first kappa shape index (κ1) is 25.8. The number of hydrogen-bond donors (Lipinski definition) is 1. The summed E-state index contributed by atoms with van der Waals surface area (Å²) in [5, 5.41) is 10.5. The number of carbonyl (C=O) groups is 1. The molecule has 194 valence electrons. The standard InChI is InChI=1S/C22H29F4N5O3S/c1-14-29-30-19(34-14)12-18(32)27-15-2-6-21(23,7-3-15)8-11-31-9-4-16-17(5-10-31)35-20(28-16)33-13-22(24,25)26/h15H,2-13H2,1H3,(H,27,32). The number of ether oxygens (including phenoxy) is 1. The second-order valence-electron chi connectivity index (χ2n) is 9.23. The van der Waals surface area contributed by atoms with Crippen molar-refractivity contribution in [3.05, 3.63) is 22.4 Å². The normalized spacial score (nSPS) is 23.5. The maximum atomic E-state index is 15.4. The number of rotatable bonds is 8. The van der Waals surface area contributed by atoms with Gasteiger partial charge < -0.3 is 19.4 Å². The Kier molecular flexibility index (Phi) is 7.94. The van der Waals surface area contributed by atoms with Crippen molar-refractivity contribution in [3.63, 3.8) is 0 Å². The molecule has 3 heterocycles. The summed E-state index contributed by atoms with van der Waals surface area (Å²) in [6.45, 7) is 2.31. The fraction of sp³-hybridized carbons (Fsp3) is 0.727. The van der Waals surface area contributed by atoms with E-state index in [1.807, 2.05) is 0 Å². The predicted octanol–water partition coefficient (Wildman–Crippen LogP) is 3.58. The zero-order valence-electron chi connectivity index (χ0n) is 19.5. The minimum atomic E-state index is -4.39. The maximum Gasteiger partial charge on any atom is 0.422 e. The minimum absolute atomic E-state index is 0.0172. The average Bonchev–Trinajstić information content (AvgIpc) is 3.33. The lowest BCUT2D eigenvalue weighted by Crippen LogP contribution is -2.43. The number of alkyl halides is 4. The highest BCUT2D eigenvalue weighted by molar-refractivity contribution is 7.13. The Labute approximate surface area is 204 Å². The molecule has 13 heteroatoms. The van der Waals surface area contributed by atoms with Crippen LogP contribution in [0.5, 0.6) is 5.19 Å². The van der Waals surface area contributed by atoms with Gasteiger partial charge in [0.25, 0.3) is 5.19 Å². The molecule has 1 fully saturated rings. The van der Waals surface area contributed by atoms with Crippen LogP contribution in [-0.4, -0.2) is 70.1 Å². The van der Waals surface area contributed by atoms with Crippen LogP contribution >= 0.6 is 11.3 Å². The number of aryl methyl sites for hydroxylation is 1. The van der Waals surface area contributed by atoms with Gasteiger partial charge in [-0.1, -0.05) is 11.3 Å². The molecule has 1 N–H and O–H groups in total. The Morgan fingerprint density at radius 2 is 2.00 bits per heavy atom. The zero-order valence-corrected chi connectivity index (χ0v) is 20.3. The molecule has 2 aromatic rings. The van der Waals surface area contributed by atoms with Gasteiger partial charge in [0.2, 0.25) is 17.7 Å². The van der Waals surface area contributed by atoms with Gasteiger partial charge in [-0.25, -0.2) is 9.37 Å². The van der Waals surface area contributed by atoms with Gasteiger partial charge >= 0.3 is 6.18 Å². The van der Waals surface area contributed by atoms with Gasteiger partial charge in [-0.2, -0.15) is 13.2 Å². The van der Waals surface area contributed by atoms with E-state index in [0.29, 0.717) is 70.5 Å². The van der Waals surface area contributed by atoms with Crippen molar-refractivity contribution < 1.29 is 31.5 Å². The zero-order chi connectivity index (χ0) is 25.1. The highest BCUT2D eigenvalue weighted by Gasteiger charge is 2.36. The molecule has 0 unspecified atom stereocenters. The number of nitrogens with one attached hydrogen (secondary N) is 1. The van der Waals surface area contributed by atoms with E-state index in [1.54, 1.807) is 6.92 Å². The quantitative estimate of drug-likeness (QED) is 0.533. The molecule has 0 bridgehead atoms. The van der Waals surface area contributed by atoms with Crippen LogP contribution in [0.25, 0.3) is 0 Å². The van der Waals surface area contributed by atoms with E-state index in [2.05, 4.69) is 25.4 Å². The fourth-order valence-corrected chi connectivity index (χ4v) is 5.47. The van der Waals surface area contributed by atoms with Crippen LogP contribution in [0.3, 0.4) is 0 Å². The van der Waals surface area contributed by atoms with Gasteiger partial charge in [-0.3, -0.25) is 4.79 Å². The molecule has 35 heavy (non-hydrogen) atoms. The number of fused-ring (bicyclic) bond motifs is 1. The van der Waals surface area contributed by atoms with Crippen LogP contribution in [0.2, 0.25) is 0 Å². The fourth-order valence-electron chi connectivity index (χ4n) is 4.53. The summed E-state index contributed by atoms with van der Waals surface area (Å²) in [4.78, 5) is 19.5. The number of hydrogen-bond acceptors (Lipinski definition) is 8. The molecule has 0 radical (unpaired) electrons. The lowest BCUT2D eigenvalue weighted by molar-refractivity contribution is -0.153. The Morgan fingerprint density at radius 3 is 2.69 bits per heavy atom. The van der Waals surface area contributed by atoms with E-state index in [1.165, 1.54) is 0 Å². The van der Waals surface area contributed by atoms with Crippen LogP contribution in [0.1, 0.15) is 54.5 Å². The van der Waals surface area contributed by atoms with Gasteiger partial charge in [0.1, 0.15) is 12.1 Å². The highest BCUT2D eigenvalue weighted by atomic mass is 32.1. The monoisotopic (exact) mass is 519 g/mol. The van der Waals surface area contributed by atoms with E-state index in [-0.39, 0.29) is 29.5 Å². The first-order chi connectivity index (χ1) is 16.6. The first-order valence-corrected chi connectivity index (χ1v) is 12.6. The molecule has 0 spiro atoms. The number of amides is 1. The lowest BCUT2D eigenvalue weighted by atomic mass is 9.81. The smallest absolute Gasteiger partial charge is 0.422 e. The molecule has 0 aromatic carbocycles. The third-order valence-electron chi connectivity index (χ3n) is 6.44. The van der Waals surface area contributed by atoms with E-state index >= 15 is 4.39 Å². The Balaban J connectivity index is 1.17. The summed E-state index contributed by atoms with van der Waals surface area (Å²) < 4.78 is 62.5.